The fourth-order valence-corrected chi connectivity index (χ4v) is 4.23. The van der Waals surface area contributed by atoms with Crippen molar-refractivity contribution in [1.82, 2.24) is 19.8 Å². The first kappa shape index (κ1) is 21.7. The van der Waals surface area contributed by atoms with Crippen LogP contribution in [0, 0.1) is 0 Å². The number of anilines is 1. The molecule has 8 heteroatoms. The number of hydrogen-bond donors (Lipinski definition) is 1. The Morgan fingerprint density at radius 3 is 2.35 bits per heavy atom. The molecule has 0 aliphatic heterocycles. The summed E-state index contributed by atoms with van der Waals surface area (Å²) in [5.74, 6) is 0.605. The summed E-state index contributed by atoms with van der Waals surface area (Å²) in [6, 6.07) is 29.6. The van der Waals surface area contributed by atoms with Gasteiger partial charge in [0.1, 0.15) is 5.75 Å². The van der Waals surface area contributed by atoms with Gasteiger partial charge in [0.2, 0.25) is 11.1 Å². The molecule has 2 heterocycles. The molecule has 5 rings (SSSR count). The van der Waals surface area contributed by atoms with Crippen LogP contribution in [-0.4, -0.2) is 38.6 Å². The number of aromatic nitrogens is 4. The molecule has 0 atom stereocenters. The lowest BCUT2D eigenvalue weighted by Crippen LogP contribution is -2.15. The maximum absolute atomic E-state index is 12.5. The van der Waals surface area contributed by atoms with Crippen molar-refractivity contribution >= 4 is 29.0 Å². The van der Waals surface area contributed by atoms with Gasteiger partial charge in [0.05, 0.1) is 24.2 Å². The van der Waals surface area contributed by atoms with Crippen molar-refractivity contribution in [3.63, 3.8) is 0 Å². The van der Waals surface area contributed by atoms with E-state index in [1.807, 2.05) is 54.6 Å². The van der Waals surface area contributed by atoms with Gasteiger partial charge in [0.15, 0.2) is 5.65 Å². The molecule has 0 spiro atoms. The van der Waals surface area contributed by atoms with Gasteiger partial charge in [-0.2, -0.15) is 9.61 Å². The van der Waals surface area contributed by atoms with E-state index in [0.29, 0.717) is 22.2 Å². The number of para-hydroxylation sites is 2. The number of thioether (sulfide) groups is 1. The number of ether oxygens (including phenoxy) is 1. The van der Waals surface area contributed by atoms with Crippen molar-refractivity contribution < 1.29 is 9.53 Å². The molecule has 0 radical (unpaired) electrons. The Kier molecular flexibility index (Phi) is 6.22. The minimum Gasteiger partial charge on any atom is -0.495 e. The summed E-state index contributed by atoms with van der Waals surface area (Å²) in [6.07, 6.45) is 0. The van der Waals surface area contributed by atoms with Gasteiger partial charge in [-0.25, -0.2) is 0 Å². The molecule has 0 bridgehead atoms. The molecule has 0 aliphatic rings. The zero-order valence-corrected chi connectivity index (χ0v) is 19.2. The first-order valence-electron chi connectivity index (χ1n) is 10.7. The Balaban J connectivity index is 1.32. The minimum atomic E-state index is -0.168. The third kappa shape index (κ3) is 4.62. The van der Waals surface area contributed by atoms with Gasteiger partial charge in [-0.05, 0) is 35.4 Å². The molecule has 0 aliphatic carbocycles. The van der Waals surface area contributed by atoms with Crippen LogP contribution in [0.2, 0.25) is 0 Å². The van der Waals surface area contributed by atoms with Gasteiger partial charge < -0.3 is 10.1 Å². The lowest BCUT2D eigenvalue weighted by molar-refractivity contribution is -0.113. The van der Waals surface area contributed by atoms with E-state index in [2.05, 4.69) is 39.8 Å². The molecule has 0 saturated carbocycles. The van der Waals surface area contributed by atoms with Gasteiger partial charge in [-0.1, -0.05) is 78.5 Å². The second-order valence-electron chi connectivity index (χ2n) is 7.45. The van der Waals surface area contributed by atoms with E-state index in [0.717, 1.165) is 16.8 Å². The van der Waals surface area contributed by atoms with Crippen molar-refractivity contribution in [3.05, 3.63) is 91.0 Å². The Bertz CT molecular complexity index is 1440. The number of rotatable bonds is 7. The normalized spacial score (nSPS) is 10.9. The average Bonchev–Trinajstić information content (AvgIpc) is 3.30. The smallest absolute Gasteiger partial charge is 0.234 e. The Hall–Kier alpha value is -4.17. The number of carbonyl (C=O) groups excluding carboxylic acids is 1. The van der Waals surface area contributed by atoms with Crippen molar-refractivity contribution in [2.75, 3.05) is 18.2 Å². The summed E-state index contributed by atoms with van der Waals surface area (Å²) in [6.45, 7) is 0. The molecule has 0 fully saturated rings. The van der Waals surface area contributed by atoms with Crippen molar-refractivity contribution in [3.8, 4) is 28.1 Å². The average molecular weight is 468 g/mol. The molecular formula is C26H21N5O2S. The van der Waals surface area contributed by atoms with Crippen LogP contribution in [0.25, 0.3) is 28.0 Å². The standard InChI is InChI=1S/C26H21N5O2S/c1-33-23-10-6-5-9-22(23)27-25(32)17-34-26-29-28-24-16-15-21(30-31(24)26)20-13-11-19(12-14-20)18-7-3-2-4-8-18/h2-16H,17H2,1H3,(H,27,32). The van der Waals surface area contributed by atoms with Crippen molar-refractivity contribution in [2.24, 2.45) is 0 Å². The summed E-state index contributed by atoms with van der Waals surface area (Å²) < 4.78 is 6.95. The molecule has 1 N–H and O–H groups in total. The van der Waals surface area contributed by atoms with Crippen LogP contribution in [0.4, 0.5) is 5.69 Å². The number of benzene rings is 3. The van der Waals surface area contributed by atoms with Gasteiger partial charge in [-0.15, -0.1) is 10.2 Å². The quantitative estimate of drug-likeness (QED) is 0.332. The summed E-state index contributed by atoms with van der Waals surface area (Å²) in [7, 11) is 1.57. The van der Waals surface area contributed by atoms with E-state index in [1.54, 1.807) is 23.8 Å². The van der Waals surface area contributed by atoms with Crippen LogP contribution in [0.5, 0.6) is 5.75 Å². The molecule has 0 unspecified atom stereocenters. The first-order valence-corrected chi connectivity index (χ1v) is 11.6. The van der Waals surface area contributed by atoms with Gasteiger partial charge in [0, 0.05) is 5.56 Å². The number of amides is 1. The molecule has 0 saturated heterocycles. The molecule has 2 aromatic heterocycles. The zero-order chi connectivity index (χ0) is 23.3. The molecule has 1 amide bonds. The summed E-state index contributed by atoms with van der Waals surface area (Å²) in [5.41, 5.74) is 5.35. The summed E-state index contributed by atoms with van der Waals surface area (Å²) in [5, 5.41) is 16.5. The fraction of sp³-hybridized carbons (Fsp3) is 0.0769. The Labute approximate surface area is 200 Å². The highest BCUT2D eigenvalue weighted by molar-refractivity contribution is 7.99. The molecule has 34 heavy (non-hydrogen) atoms. The lowest BCUT2D eigenvalue weighted by Gasteiger charge is -2.09. The van der Waals surface area contributed by atoms with Crippen molar-refractivity contribution in [1.29, 1.82) is 0 Å². The number of nitrogens with zero attached hydrogens (tertiary/aromatic N) is 4. The summed E-state index contributed by atoms with van der Waals surface area (Å²) >= 11 is 1.28. The number of carbonyl (C=O) groups is 1. The number of fused-ring (bicyclic) bond motifs is 1. The largest absolute Gasteiger partial charge is 0.495 e. The van der Waals surface area contributed by atoms with E-state index >= 15 is 0 Å². The molecule has 3 aromatic carbocycles. The number of hydrogen-bond acceptors (Lipinski definition) is 6. The van der Waals surface area contributed by atoms with Crippen LogP contribution in [-0.2, 0) is 4.79 Å². The van der Waals surface area contributed by atoms with Crippen LogP contribution in [0.1, 0.15) is 0 Å². The van der Waals surface area contributed by atoms with E-state index in [1.165, 1.54) is 17.3 Å². The molecular weight excluding hydrogens is 446 g/mol. The molecule has 5 aromatic rings. The first-order chi connectivity index (χ1) is 16.7. The topological polar surface area (TPSA) is 81.4 Å². The van der Waals surface area contributed by atoms with Gasteiger partial charge in [-0.3, -0.25) is 4.79 Å². The predicted molar refractivity (Wildman–Crippen MR) is 134 cm³/mol. The Morgan fingerprint density at radius 2 is 1.56 bits per heavy atom. The third-order valence-corrected chi connectivity index (χ3v) is 6.15. The second-order valence-corrected chi connectivity index (χ2v) is 8.39. The van der Waals surface area contributed by atoms with Crippen LogP contribution in [0.15, 0.2) is 96.2 Å². The molecule has 7 nitrogen and oxygen atoms in total. The molecule has 168 valence electrons. The van der Waals surface area contributed by atoms with E-state index in [9.17, 15) is 4.79 Å². The highest BCUT2D eigenvalue weighted by atomic mass is 32.2. The van der Waals surface area contributed by atoms with Crippen molar-refractivity contribution in [2.45, 2.75) is 5.16 Å². The van der Waals surface area contributed by atoms with Crippen LogP contribution >= 0.6 is 11.8 Å². The maximum Gasteiger partial charge on any atom is 0.234 e. The predicted octanol–water partition coefficient (Wildman–Crippen LogP) is 5.20. The fourth-order valence-electron chi connectivity index (χ4n) is 3.54. The van der Waals surface area contributed by atoms with Gasteiger partial charge >= 0.3 is 0 Å². The van der Waals surface area contributed by atoms with E-state index in [4.69, 9.17) is 9.84 Å². The van der Waals surface area contributed by atoms with Crippen LogP contribution < -0.4 is 10.1 Å². The van der Waals surface area contributed by atoms with Crippen LogP contribution in [0.3, 0.4) is 0 Å². The number of nitrogens with one attached hydrogen (secondary N) is 1. The minimum absolute atomic E-state index is 0.163. The SMILES string of the molecule is COc1ccccc1NC(=O)CSc1nnc2ccc(-c3ccc(-c4ccccc4)cc3)nn12. The monoisotopic (exact) mass is 467 g/mol. The maximum atomic E-state index is 12.5. The number of methoxy groups -OCH3 is 1. The third-order valence-electron chi connectivity index (χ3n) is 5.24. The van der Waals surface area contributed by atoms with E-state index < -0.39 is 0 Å². The highest BCUT2D eigenvalue weighted by Crippen LogP contribution is 2.26. The zero-order valence-electron chi connectivity index (χ0n) is 18.4. The lowest BCUT2D eigenvalue weighted by atomic mass is 10.0. The second kappa shape index (κ2) is 9.76. The Morgan fingerprint density at radius 1 is 0.853 bits per heavy atom. The highest BCUT2D eigenvalue weighted by Gasteiger charge is 2.13. The van der Waals surface area contributed by atoms with E-state index in [-0.39, 0.29) is 11.7 Å². The summed E-state index contributed by atoms with van der Waals surface area (Å²) in [4.78, 5) is 12.5. The van der Waals surface area contributed by atoms with Gasteiger partial charge in [0.25, 0.3) is 0 Å².